The van der Waals surface area contributed by atoms with Gasteiger partial charge in [-0.1, -0.05) is 23.8 Å². The average molecular weight is 379 g/mol. The Morgan fingerprint density at radius 3 is 2.48 bits per heavy atom. The van der Waals surface area contributed by atoms with Gasteiger partial charge < -0.3 is 9.73 Å². The number of pyridine rings is 1. The van der Waals surface area contributed by atoms with Gasteiger partial charge in [0.1, 0.15) is 5.76 Å². The normalized spacial score (nSPS) is 11.1. The van der Waals surface area contributed by atoms with Crippen molar-refractivity contribution in [2.24, 2.45) is 0 Å². The number of sulfone groups is 1. The van der Waals surface area contributed by atoms with Gasteiger partial charge in [0, 0.05) is 18.3 Å². The summed E-state index contributed by atoms with van der Waals surface area (Å²) in [7, 11) is -3.65. The fourth-order valence-corrected chi connectivity index (χ4v) is 3.77. The van der Waals surface area contributed by atoms with Crippen molar-refractivity contribution in [3.63, 3.8) is 0 Å². The zero-order valence-corrected chi connectivity index (χ0v) is 15.3. The molecule has 2 heterocycles. The maximum atomic E-state index is 12.8. The molecule has 0 aliphatic carbocycles. The van der Waals surface area contributed by atoms with Crippen LogP contribution in [0.1, 0.15) is 16.9 Å². The topological polar surface area (TPSA) is 72.2 Å². The number of hydrogen-bond donors (Lipinski definition) is 1. The molecule has 132 valence electrons. The molecular weight excluding hydrogens is 360 g/mol. The Balaban J connectivity index is 0.00000225. The first-order valence-corrected chi connectivity index (χ1v) is 9.04. The van der Waals surface area contributed by atoms with Crippen LogP contribution in [0.5, 0.6) is 0 Å². The molecule has 3 rings (SSSR count). The number of nitrogens with zero attached hydrogens (tertiary/aromatic N) is 1. The molecule has 0 saturated carbocycles. The number of aryl methyl sites for hydroxylation is 1. The summed E-state index contributed by atoms with van der Waals surface area (Å²) in [5.74, 6) is 0.793. The molecule has 0 unspecified atom stereocenters. The van der Waals surface area contributed by atoms with Crippen LogP contribution in [0, 0.1) is 6.92 Å². The number of furan rings is 1. The van der Waals surface area contributed by atoms with E-state index in [9.17, 15) is 8.42 Å². The molecule has 0 aliphatic heterocycles. The monoisotopic (exact) mass is 378 g/mol. The van der Waals surface area contributed by atoms with Gasteiger partial charge in [-0.15, -0.1) is 12.4 Å². The molecule has 0 atom stereocenters. The molecular formula is C18H19ClN2O3S. The molecule has 0 fully saturated rings. The molecule has 25 heavy (non-hydrogen) atoms. The maximum absolute atomic E-state index is 12.8. The molecule has 7 heteroatoms. The third kappa shape index (κ3) is 4.48. The van der Waals surface area contributed by atoms with Crippen molar-refractivity contribution in [1.29, 1.82) is 0 Å². The average Bonchev–Trinajstić information content (AvgIpc) is 3.09. The summed E-state index contributed by atoms with van der Waals surface area (Å²) in [5.41, 5.74) is 1.64. The van der Waals surface area contributed by atoms with Crippen LogP contribution in [0.4, 0.5) is 0 Å². The Hall–Kier alpha value is -2.15. The van der Waals surface area contributed by atoms with Gasteiger partial charge in [-0.25, -0.2) is 13.4 Å². The predicted molar refractivity (Wildman–Crippen MR) is 97.4 cm³/mol. The molecule has 0 bridgehead atoms. The van der Waals surface area contributed by atoms with E-state index in [2.05, 4.69) is 10.3 Å². The lowest BCUT2D eigenvalue weighted by molar-refractivity contribution is 0.481. The molecule has 0 aliphatic rings. The van der Waals surface area contributed by atoms with E-state index >= 15 is 0 Å². The van der Waals surface area contributed by atoms with Crippen molar-refractivity contribution in [3.8, 4) is 0 Å². The van der Waals surface area contributed by atoms with E-state index in [0.717, 1.165) is 11.3 Å². The number of aromatic nitrogens is 1. The highest BCUT2D eigenvalue weighted by Gasteiger charge is 2.22. The highest BCUT2D eigenvalue weighted by atomic mass is 35.5. The Bertz CT molecular complexity index is 908. The minimum Gasteiger partial charge on any atom is -0.468 e. The minimum absolute atomic E-state index is 0. The first kappa shape index (κ1) is 19.2. The third-order valence-electron chi connectivity index (χ3n) is 3.63. The lowest BCUT2D eigenvalue weighted by Gasteiger charge is -2.10. The van der Waals surface area contributed by atoms with Crippen LogP contribution < -0.4 is 5.32 Å². The summed E-state index contributed by atoms with van der Waals surface area (Å²) in [6, 6.07) is 14.0. The first-order chi connectivity index (χ1) is 11.6. The summed E-state index contributed by atoms with van der Waals surface area (Å²) in [5, 5.41) is 3.26. The number of halogens is 1. The second-order valence-electron chi connectivity index (χ2n) is 5.47. The predicted octanol–water partition coefficient (Wildman–Crippen LogP) is 3.53. The smallest absolute Gasteiger partial charge is 0.224 e. The van der Waals surface area contributed by atoms with Gasteiger partial charge in [0.2, 0.25) is 9.84 Å². The fraction of sp³-hybridized carbons (Fsp3) is 0.167. The SMILES string of the molecule is Cc1ccc(S(=O)(=O)c2ncccc2CNCc2ccco2)cc1.Cl. The van der Waals surface area contributed by atoms with Crippen LogP contribution in [0.2, 0.25) is 0 Å². The van der Waals surface area contributed by atoms with Crippen molar-refractivity contribution in [2.75, 3.05) is 0 Å². The van der Waals surface area contributed by atoms with Crippen molar-refractivity contribution in [2.45, 2.75) is 29.9 Å². The molecule has 1 N–H and O–H groups in total. The van der Waals surface area contributed by atoms with E-state index < -0.39 is 9.84 Å². The zero-order chi connectivity index (χ0) is 17.0. The first-order valence-electron chi connectivity index (χ1n) is 7.56. The van der Waals surface area contributed by atoms with Crippen LogP contribution >= 0.6 is 12.4 Å². The molecule has 0 amide bonds. The summed E-state index contributed by atoms with van der Waals surface area (Å²) in [6.45, 7) is 2.82. The van der Waals surface area contributed by atoms with Crippen molar-refractivity contribution < 1.29 is 12.8 Å². The van der Waals surface area contributed by atoms with E-state index in [-0.39, 0.29) is 22.3 Å². The Morgan fingerprint density at radius 2 is 1.80 bits per heavy atom. The Kier molecular flexibility index (Phi) is 6.36. The summed E-state index contributed by atoms with van der Waals surface area (Å²) >= 11 is 0. The second kappa shape index (κ2) is 8.29. The van der Waals surface area contributed by atoms with Crippen molar-refractivity contribution in [1.82, 2.24) is 10.3 Å². The molecule has 1 aromatic carbocycles. The molecule has 3 aromatic rings. The van der Waals surface area contributed by atoms with E-state index in [0.29, 0.717) is 18.7 Å². The van der Waals surface area contributed by atoms with Gasteiger partial charge >= 0.3 is 0 Å². The number of nitrogens with one attached hydrogen (secondary N) is 1. The summed E-state index contributed by atoms with van der Waals surface area (Å²) in [4.78, 5) is 4.36. The highest BCUT2D eigenvalue weighted by Crippen LogP contribution is 2.22. The van der Waals surface area contributed by atoms with Crippen LogP contribution in [-0.4, -0.2) is 13.4 Å². The third-order valence-corrected chi connectivity index (χ3v) is 5.40. The Labute approximate surface area is 153 Å². The zero-order valence-electron chi connectivity index (χ0n) is 13.7. The second-order valence-corrected chi connectivity index (χ2v) is 7.33. The van der Waals surface area contributed by atoms with Crippen molar-refractivity contribution >= 4 is 22.2 Å². The fourth-order valence-electron chi connectivity index (χ4n) is 2.36. The van der Waals surface area contributed by atoms with Gasteiger partial charge in [-0.05, 0) is 37.3 Å². The quantitative estimate of drug-likeness (QED) is 0.710. The van der Waals surface area contributed by atoms with Gasteiger partial charge in [0.15, 0.2) is 5.03 Å². The molecule has 0 radical (unpaired) electrons. The summed E-state index contributed by atoms with van der Waals surface area (Å²) in [6.07, 6.45) is 3.10. The largest absolute Gasteiger partial charge is 0.468 e. The maximum Gasteiger partial charge on any atom is 0.224 e. The van der Waals surface area contributed by atoms with Gasteiger partial charge in [-0.2, -0.15) is 0 Å². The lowest BCUT2D eigenvalue weighted by atomic mass is 10.2. The summed E-state index contributed by atoms with van der Waals surface area (Å²) < 4.78 is 31.0. The van der Waals surface area contributed by atoms with E-state index in [1.54, 1.807) is 42.7 Å². The van der Waals surface area contributed by atoms with Crippen LogP contribution in [-0.2, 0) is 22.9 Å². The number of rotatable bonds is 6. The van der Waals surface area contributed by atoms with E-state index in [1.165, 1.54) is 6.20 Å². The molecule has 0 spiro atoms. The van der Waals surface area contributed by atoms with E-state index in [1.807, 2.05) is 19.1 Å². The molecule has 2 aromatic heterocycles. The van der Waals surface area contributed by atoms with Crippen molar-refractivity contribution in [3.05, 3.63) is 77.9 Å². The number of benzene rings is 1. The van der Waals surface area contributed by atoms with Crippen LogP contribution in [0.25, 0.3) is 0 Å². The van der Waals surface area contributed by atoms with Crippen LogP contribution in [0.3, 0.4) is 0 Å². The number of hydrogen-bond acceptors (Lipinski definition) is 5. The van der Waals surface area contributed by atoms with Gasteiger partial charge in [-0.3, -0.25) is 0 Å². The molecule has 0 saturated heterocycles. The highest BCUT2D eigenvalue weighted by molar-refractivity contribution is 7.91. The van der Waals surface area contributed by atoms with Gasteiger partial charge in [0.25, 0.3) is 0 Å². The Morgan fingerprint density at radius 1 is 1.04 bits per heavy atom. The minimum atomic E-state index is -3.65. The molecule has 5 nitrogen and oxygen atoms in total. The standard InChI is InChI=1S/C18H18N2O3S.ClH/c1-14-6-8-17(9-7-14)24(21,22)18-15(4-2-10-20-18)12-19-13-16-5-3-11-23-16;/h2-11,19H,12-13H2,1H3;1H. The van der Waals surface area contributed by atoms with E-state index in [4.69, 9.17) is 4.42 Å². The van der Waals surface area contributed by atoms with Crippen LogP contribution in [0.15, 0.2) is 75.3 Å². The lowest BCUT2D eigenvalue weighted by Crippen LogP contribution is -2.16. The van der Waals surface area contributed by atoms with Gasteiger partial charge in [0.05, 0.1) is 17.7 Å².